The molecule has 6 heteroatoms. The number of carbonyl (C=O) groups is 2. The van der Waals surface area contributed by atoms with E-state index in [1.807, 2.05) is 72.8 Å². The molecule has 4 aromatic carbocycles. The van der Waals surface area contributed by atoms with E-state index in [0.29, 0.717) is 40.4 Å². The number of rotatable bonds is 6. The maximum atomic E-state index is 14.1. The van der Waals surface area contributed by atoms with Crippen molar-refractivity contribution in [2.24, 2.45) is 11.1 Å². The Labute approximate surface area is 208 Å². The lowest BCUT2D eigenvalue weighted by atomic mass is 9.74. The number of benzene rings is 4. The number of anilines is 1. The largest absolute Gasteiger partial charge is 0.488 e. The molecule has 6 nitrogen and oxygen atoms in total. The normalized spacial score (nSPS) is 19.8. The molecule has 2 heterocycles. The summed E-state index contributed by atoms with van der Waals surface area (Å²) in [6.45, 7) is 0.345. The van der Waals surface area contributed by atoms with Gasteiger partial charge in [-0.1, -0.05) is 96.2 Å². The Morgan fingerprint density at radius 3 is 2.33 bits per heavy atom. The lowest BCUT2D eigenvalue weighted by Gasteiger charge is -2.27. The number of amides is 1. The quantitative estimate of drug-likeness (QED) is 0.383. The lowest BCUT2D eigenvalue weighted by Crippen LogP contribution is -2.46. The van der Waals surface area contributed by atoms with Crippen LogP contribution in [0.15, 0.2) is 114 Å². The smallest absolute Gasteiger partial charge is 0.277 e. The van der Waals surface area contributed by atoms with Gasteiger partial charge >= 0.3 is 0 Å². The van der Waals surface area contributed by atoms with Crippen molar-refractivity contribution in [2.45, 2.75) is 12.2 Å². The minimum Gasteiger partial charge on any atom is -0.488 e. The minimum absolute atomic E-state index is 0.253. The number of para-hydroxylation sites is 2. The number of carbonyl (C=O) groups excluding carboxylic acids is 2. The Morgan fingerprint density at radius 2 is 1.53 bits per heavy atom. The fraction of sp³-hybridized carbons (Fsp3) is 0.100. The molecule has 1 N–H and O–H groups in total. The van der Waals surface area contributed by atoms with Crippen LogP contribution in [0, 0.1) is 5.92 Å². The van der Waals surface area contributed by atoms with Crippen LogP contribution < -0.4 is 10.1 Å². The first-order valence-corrected chi connectivity index (χ1v) is 11.7. The van der Waals surface area contributed by atoms with Crippen LogP contribution in [0.25, 0.3) is 0 Å². The van der Waals surface area contributed by atoms with E-state index < -0.39 is 17.4 Å². The molecule has 0 aromatic heterocycles. The molecule has 0 fully saturated rings. The third-order valence-electron chi connectivity index (χ3n) is 6.60. The molecule has 2 aliphatic heterocycles. The number of hydrogen-bond acceptors (Lipinski definition) is 5. The van der Waals surface area contributed by atoms with Crippen molar-refractivity contribution in [1.29, 1.82) is 0 Å². The van der Waals surface area contributed by atoms with Crippen LogP contribution in [0.5, 0.6) is 5.75 Å². The molecule has 176 valence electrons. The van der Waals surface area contributed by atoms with Gasteiger partial charge in [-0.15, -0.1) is 0 Å². The predicted molar refractivity (Wildman–Crippen MR) is 136 cm³/mol. The highest BCUT2D eigenvalue weighted by molar-refractivity contribution is 6.25. The Bertz CT molecular complexity index is 1480. The SMILES string of the molecule is O=C(c1ccccc1)[C@@H]1C(c2ccccc2OCc2ccccc2)=NO[C@]12C(=O)Nc1ccccc12. The van der Waals surface area contributed by atoms with Crippen molar-refractivity contribution < 1.29 is 19.2 Å². The van der Waals surface area contributed by atoms with Crippen LogP contribution in [0.4, 0.5) is 5.69 Å². The molecule has 0 bridgehead atoms. The second kappa shape index (κ2) is 8.82. The minimum atomic E-state index is -1.61. The monoisotopic (exact) mass is 474 g/mol. The number of nitrogens with one attached hydrogen (secondary N) is 1. The number of oxime groups is 1. The highest BCUT2D eigenvalue weighted by atomic mass is 16.7. The van der Waals surface area contributed by atoms with E-state index in [4.69, 9.17) is 9.57 Å². The van der Waals surface area contributed by atoms with Gasteiger partial charge in [0.05, 0.1) is 0 Å². The number of nitrogens with zero attached hydrogens (tertiary/aromatic N) is 1. The molecule has 0 unspecified atom stereocenters. The van der Waals surface area contributed by atoms with Crippen molar-refractivity contribution in [2.75, 3.05) is 5.32 Å². The number of ketones is 1. The van der Waals surface area contributed by atoms with Crippen molar-refractivity contribution >= 4 is 23.1 Å². The molecule has 0 saturated heterocycles. The summed E-state index contributed by atoms with van der Waals surface area (Å²) in [7, 11) is 0. The fourth-order valence-electron chi connectivity index (χ4n) is 4.87. The van der Waals surface area contributed by atoms with Crippen LogP contribution in [-0.2, 0) is 21.8 Å². The van der Waals surface area contributed by atoms with Gasteiger partial charge in [0, 0.05) is 22.4 Å². The topological polar surface area (TPSA) is 77.0 Å². The van der Waals surface area contributed by atoms with Crippen molar-refractivity contribution in [3.63, 3.8) is 0 Å². The molecule has 4 aromatic rings. The van der Waals surface area contributed by atoms with Gasteiger partial charge in [-0.25, -0.2) is 0 Å². The number of hydrogen-bond donors (Lipinski definition) is 1. The summed E-state index contributed by atoms with van der Waals surface area (Å²) in [5.41, 5.74) is 2.04. The van der Waals surface area contributed by atoms with Crippen LogP contribution in [0.1, 0.15) is 27.0 Å². The predicted octanol–water partition coefficient (Wildman–Crippen LogP) is 5.35. The Morgan fingerprint density at radius 1 is 0.861 bits per heavy atom. The second-order valence-electron chi connectivity index (χ2n) is 8.74. The molecule has 2 atom stereocenters. The molecule has 0 saturated carbocycles. The van der Waals surface area contributed by atoms with Gasteiger partial charge in [-0.3, -0.25) is 9.59 Å². The maximum Gasteiger partial charge on any atom is 0.277 e. The van der Waals surface area contributed by atoms with Gasteiger partial charge in [-0.2, -0.15) is 0 Å². The van der Waals surface area contributed by atoms with Crippen LogP contribution >= 0.6 is 0 Å². The summed E-state index contributed by atoms with van der Waals surface area (Å²) >= 11 is 0. The van der Waals surface area contributed by atoms with Crippen molar-refractivity contribution in [3.05, 3.63) is 131 Å². The third kappa shape index (κ3) is 3.46. The van der Waals surface area contributed by atoms with E-state index in [9.17, 15) is 9.59 Å². The highest BCUT2D eigenvalue weighted by Gasteiger charge is 2.63. The van der Waals surface area contributed by atoms with Gasteiger partial charge < -0.3 is 14.9 Å². The van der Waals surface area contributed by atoms with E-state index in [2.05, 4.69) is 10.5 Å². The van der Waals surface area contributed by atoms with E-state index in [1.165, 1.54) is 0 Å². The molecule has 0 aliphatic carbocycles. The first-order valence-electron chi connectivity index (χ1n) is 11.7. The van der Waals surface area contributed by atoms with Gasteiger partial charge in [0.25, 0.3) is 11.5 Å². The molecular weight excluding hydrogens is 452 g/mol. The molecule has 2 aliphatic rings. The lowest BCUT2D eigenvalue weighted by molar-refractivity contribution is -0.140. The average Bonchev–Trinajstić information content (AvgIpc) is 3.47. The van der Waals surface area contributed by atoms with Gasteiger partial charge in [0.15, 0.2) is 5.78 Å². The summed E-state index contributed by atoms with van der Waals surface area (Å²) in [4.78, 5) is 33.5. The zero-order chi connectivity index (χ0) is 24.5. The van der Waals surface area contributed by atoms with Gasteiger partial charge in [0.2, 0.25) is 0 Å². The van der Waals surface area contributed by atoms with Crippen molar-refractivity contribution in [1.82, 2.24) is 0 Å². The average molecular weight is 475 g/mol. The summed E-state index contributed by atoms with van der Waals surface area (Å²) < 4.78 is 6.17. The molecule has 1 spiro atoms. The Kier molecular flexibility index (Phi) is 5.34. The van der Waals surface area contributed by atoms with E-state index >= 15 is 0 Å². The summed E-state index contributed by atoms with van der Waals surface area (Å²) in [6, 6.07) is 33.4. The highest BCUT2D eigenvalue weighted by Crippen LogP contribution is 2.50. The molecule has 1 amide bonds. The molecular formula is C30H22N2O4. The van der Waals surface area contributed by atoms with E-state index in [1.54, 1.807) is 36.4 Å². The third-order valence-corrected chi connectivity index (χ3v) is 6.60. The molecule has 0 radical (unpaired) electrons. The number of fused-ring (bicyclic) bond motifs is 2. The maximum absolute atomic E-state index is 14.1. The Balaban J connectivity index is 1.45. The van der Waals surface area contributed by atoms with Crippen molar-refractivity contribution in [3.8, 4) is 5.75 Å². The zero-order valence-electron chi connectivity index (χ0n) is 19.3. The fourth-order valence-corrected chi connectivity index (χ4v) is 4.87. The van der Waals surface area contributed by atoms with Crippen LogP contribution in [-0.4, -0.2) is 17.4 Å². The number of ether oxygens (including phenoxy) is 1. The summed E-state index contributed by atoms with van der Waals surface area (Å²) in [6.07, 6.45) is 0. The van der Waals surface area contributed by atoms with E-state index in [-0.39, 0.29) is 5.78 Å². The van der Waals surface area contributed by atoms with Crippen LogP contribution in [0.3, 0.4) is 0 Å². The summed E-state index contributed by atoms with van der Waals surface area (Å²) in [5, 5.41) is 7.27. The zero-order valence-corrected chi connectivity index (χ0v) is 19.3. The standard InChI is InChI=1S/C30H22N2O4/c33-28(21-13-5-2-6-14-21)26-27(32-36-30(26)23-16-8-9-17-24(23)31-29(30)34)22-15-7-10-18-25(22)35-19-20-11-3-1-4-12-20/h1-18,26H,19H2,(H,31,34)/t26-,30-/m0/s1. The summed E-state index contributed by atoms with van der Waals surface area (Å²) in [5.74, 6) is -1.13. The van der Waals surface area contributed by atoms with Gasteiger partial charge in [-0.05, 0) is 23.8 Å². The van der Waals surface area contributed by atoms with Crippen LogP contribution in [0.2, 0.25) is 0 Å². The van der Waals surface area contributed by atoms with E-state index in [0.717, 1.165) is 5.56 Å². The number of Topliss-reactive ketones (excluding diaryl/α,β-unsaturated/α-hetero) is 1. The molecule has 36 heavy (non-hydrogen) atoms. The first-order chi connectivity index (χ1) is 17.7. The second-order valence-corrected chi connectivity index (χ2v) is 8.74. The Hall–Kier alpha value is -4.71. The first kappa shape index (κ1) is 21.8. The molecule has 6 rings (SSSR count). The van der Waals surface area contributed by atoms with Gasteiger partial charge in [0.1, 0.15) is 24.0 Å².